The van der Waals surface area contributed by atoms with Crippen LogP contribution in [-0.4, -0.2) is 9.67 Å². The third kappa shape index (κ3) is 1.49. The Balaban J connectivity index is 3.33. The molecule has 0 aliphatic carbocycles. The lowest BCUT2D eigenvalue weighted by Crippen LogP contribution is -2.15. The number of hydrogen-bond acceptors (Lipinski definition) is 2. The molecule has 0 aliphatic rings. The SMILES string of the molecule is CC(C)c1cn(C)c(=O)cc1O. The molecule has 1 aromatic heterocycles. The molecule has 0 radical (unpaired) electrons. The average molecular weight is 167 g/mol. The molecule has 0 aromatic carbocycles. The molecular formula is C9H13NO2. The maximum Gasteiger partial charge on any atom is 0.253 e. The molecule has 0 bridgehead atoms. The van der Waals surface area contributed by atoms with Gasteiger partial charge in [-0.1, -0.05) is 13.8 Å². The van der Waals surface area contributed by atoms with Gasteiger partial charge in [-0.2, -0.15) is 0 Å². The monoisotopic (exact) mass is 167 g/mol. The van der Waals surface area contributed by atoms with Crippen LogP contribution >= 0.6 is 0 Å². The fourth-order valence-electron chi connectivity index (χ4n) is 1.09. The third-order valence-corrected chi connectivity index (χ3v) is 1.86. The van der Waals surface area contributed by atoms with E-state index in [0.717, 1.165) is 5.56 Å². The highest BCUT2D eigenvalue weighted by atomic mass is 16.3. The van der Waals surface area contributed by atoms with Crippen molar-refractivity contribution in [1.29, 1.82) is 0 Å². The lowest BCUT2D eigenvalue weighted by atomic mass is 10.1. The van der Waals surface area contributed by atoms with Crippen LogP contribution in [0.3, 0.4) is 0 Å². The van der Waals surface area contributed by atoms with E-state index in [4.69, 9.17) is 0 Å². The zero-order valence-corrected chi connectivity index (χ0v) is 7.53. The molecule has 0 fully saturated rings. The molecule has 12 heavy (non-hydrogen) atoms. The summed E-state index contributed by atoms with van der Waals surface area (Å²) in [7, 11) is 1.67. The molecule has 0 saturated heterocycles. The number of aromatic nitrogens is 1. The number of aryl methyl sites for hydroxylation is 1. The summed E-state index contributed by atoms with van der Waals surface area (Å²) in [4.78, 5) is 11.0. The van der Waals surface area contributed by atoms with Gasteiger partial charge in [-0.05, 0) is 5.92 Å². The van der Waals surface area contributed by atoms with Crippen molar-refractivity contribution in [2.24, 2.45) is 7.05 Å². The van der Waals surface area contributed by atoms with Gasteiger partial charge < -0.3 is 9.67 Å². The lowest BCUT2D eigenvalue weighted by Gasteiger charge is -2.08. The summed E-state index contributed by atoms with van der Waals surface area (Å²) in [6, 6.07) is 1.25. The van der Waals surface area contributed by atoms with Crippen molar-refractivity contribution in [3.8, 4) is 5.75 Å². The second-order valence-electron chi connectivity index (χ2n) is 3.22. The minimum absolute atomic E-state index is 0.0908. The fourth-order valence-corrected chi connectivity index (χ4v) is 1.09. The van der Waals surface area contributed by atoms with E-state index in [1.807, 2.05) is 13.8 Å². The summed E-state index contributed by atoms with van der Waals surface area (Å²) in [6.07, 6.45) is 1.67. The van der Waals surface area contributed by atoms with Gasteiger partial charge in [0.05, 0.1) is 0 Å². The van der Waals surface area contributed by atoms with Crippen molar-refractivity contribution in [3.05, 3.63) is 28.2 Å². The first-order valence-electron chi connectivity index (χ1n) is 3.92. The molecule has 0 aliphatic heterocycles. The second-order valence-corrected chi connectivity index (χ2v) is 3.22. The topological polar surface area (TPSA) is 42.2 Å². The lowest BCUT2D eigenvalue weighted by molar-refractivity contribution is 0.460. The predicted molar refractivity (Wildman–Crippen MR) is 47.4 cm³/mol. The average Bonchev–Trinajstić information content (AvgIpc) is 1.96. The standard InChI is InChI=1S/C9H13NO2/c1-6(2)7-5-10(3)9(12)4-8(7)11/h4-6,11H,1-3H3. The number of nitrogens with zero attached hydrogens (tertiary/aromatic N) is 1. The molecule has 0 atom stereocenters. The van der Waals surface area contributed by atoms with Crippen LogP contribution in [0.15, 0.2) is 17.1 Å². The molecule has 1 aromatic rings. The van der Waals surface area contributed by atoms with E-state index in [0.29, 0.717) is 0 Å². The Morgan fingerprint density at radius 1 is 1.50 bits per heavy atom. The largest absolute Gasteiger partial charge is 0.507 e. The molecule has 0 spiro atoms. The number of rotatable bonds is 1. The molecule has 3 heteroatoms. The van der Waals surface area contributed by atoms with Gasteiger partial charge in [0.25, 0.3) is 5.56 Å². The minimum atomic E-state index is -0.183. The van der Waals surface area contributed by atoms with Crippen LogP contribution in [0.25, 0.3) is 0 Å². The Bertz CT molecular complexity index is 339. The van der Waals surface area contributed by atoms with Crippen LogP contribution in [0.1, 0.15) is 25.3 Å². The highest BCUT2D eigenvalue weighted by Gasteiger charge is 2.06. The van der Waals surface area contributed by atoms with Crippen LogP contribution in [0.2, 0.25) is 0 Å². The van der Waals surface area contributed by atoms with Crippen LogP contribution < -0.4 is 5.56 Å². The van der Waals surface area contributed by atoms with Gasteiger partial charge in [-0.15, -0.1) is 0 Å². The Morgan fingerprint density at radius 3 is 2.58 bits per heavy atom. The maximum atomic E-state index is 11.0. The third-order valence-electron chi connectivity index (χ3n) is 1.86. The molecule has 0 unspecified atom stereocenters. The van der Waals surface area contributed by atoms with Gasteiger partial charge in [-0.25, -0.2) is 0 Å². The van der Waals surface area contributed by atoms with Gasteiger partial charge in [0.2, 0.25) is 0 Å². The summed E-state index contributed by atoms with van der Waals surface area (Å²) < 4.78 is 1.47. The van der Waals surface area contributed by atoms with Gasteiger partial charge in [0.1, 0.15) is 5.75 Å². The Morgan fingerprint density at radius 2 is 2.08 bits per heavy atom. The normalized spacial score (nSPS) is 10.7. The number of hydrogen-bond donors (Lipinski definition) is 1. The summed E-state index contributed by atoms with van der Waals surface area (Å²) in [5.41, 5.74) is 0.619. The van der Waals surface area contributed by atoms with Crippen LogP contribution in [0.4, 0.5) is 0 Å². The first-order valence-corrected chi connectivity index (χ1v) is 3.92. The molecule has 1 heterocycles. The zero-order valence-electron chi connectivity index (χ0n) is 7.53. The summed E-state index contributed by atoms with van der Waals surface area (Å²) in [6.45, 7) is 3.94. The number of aromatic hydroxyl groups is 1. The molecule has 3 nitrogen and oxygen atoms in total. The van der Waals surface area contributed by atoms with E-state index in [9.17, 15) is 9.90 Å². The van der Waals surface area contributed by atoms with Crippen molar-refractivity contribution in [3.63, 3.8) is 0 Å². The van der Waals surface area contributed by atoms with Crippen LogP contribution in [0.5, 0.6) is 5.75 Å². The summed E-state index contributed by atoms with van der Waals surface area (Å²) >= 11 is 0. The van der Waals surface area contributed by atoms with E-state index in [-0.39, 0.29) is 17.2 Å². The Hall–Kier alpha value is -1.25. The van der Waals surface area contributed by atoms with Crippen molar-refractivity contribution in [2.75, 3.05) is 0 Å². The summed E-state index contributed by atoms with van der Waals surface area (Å²) in [5, 5.41) is 9.37. The van der Waals surface area contributed by atoms with Crippen molar-refractivity contribution in [2.45, 2.75) is 19.8 Å². The quantitative estimate of drug-likeness (QED) is 0.683. The van der Waals surface area contributed by atoms with Crippen molar-refractivity contribution >= 4 is 0 Å². The van der Waals surface area contributed by atoms with E-state index < -0.39 is 0 Å². The smallest absolute Gasteiger partial charge is 0.253 e. The van der Waals surface area contributed by atoms with Crippen molar-refractivity contribution < 1.29 is 5.11 Å². The van der Waals surface area contributed by atoms with Crippen molar-refractivity contribution in [1.82, 2.24) is 4.57 Å². The maximum absolute atomic E-state index is 11.0. The molecule has 1 rings (SSSR count). The van der Waals surface area contributed by atoms with Gasteiger partial charge in [0, 0.05) is 24.9 Å². The van der Waals surface area contributed by atoms with E-state index in [1.54, 1.807) is 13.2 Å². The molecular weight excluding hydrogens is 154 g/mol. The van der Waals surface area contributed by atoms with E-state index in [1.165, 1.54) is 10.6 Å². The van der Waals surface area contributed by atoms with Crippen LogP contribution in [-0.2, 0) is 7.05 Å². The first kappa shape index (κ1) is 8.84. The minimum Gasteiger partial charge on any atom is -0.507 e. The van der Waals surface area contributed by atoms with Gasteiger partial charge in [-0.3, -0.25) is 4.79 Å². The van der Waals surface area contributed by atoms with Gasteiger partial charge in [0.15, 0.2) is 0 Å². The molecule has 0 saturated carbocycles. The summed E-state index contributed by atoms with van der Waals surface area (Å²) in [5.74, 6) is 0.324. The molecule has 0 amide bonds. The first-order chi connectivity index (χ1) is 5.52. The fraction of sp³-hybridized carbons (Fsp3) is 0.444. The van der Waals surface area contributed by atoms with Gasteiger partial charge >= 0.3 is 0 Å². The van der Waals surface area contributed by atoms with Crippen LogP contribution in [0, 0.1) is 0 Å². The Kier molecular flexibility index (Phi) is 2.22. The zero-order chi connectivity index (χ0) is 9.30. The highest BCUT2D eigenvalue weighted by molar-refractivity contribution is 5.31. The van der Waals surface area contributed by atoms with E-state index in [2.05, 4.69) is 0 Å². The Labute approximate surface area is 71.3 Å². The molecule has 66 valence electrons. The second kappa shape index (κ2) is 3.01. The predicted octanol–water partition coefficient (Wildman–Crippen LogP) is 1.21. The van der Waals surface area contributed by atoms with E-state index >= 15 is 0 Å². The number of pyridine rings is 1. The highest BCUT2D eigenvalue weighted by Crippen LogP contribution is 2.22. The molecule has 1 N–H and O–H groups in total.